The van der Waals surface area contributed by atoms with Crippen LogP contribution in [0.5, 0.6) is 0 Å². The number of hydrogen-bond donors (Lipinski definition) is 1. The molecule has 0 saturated heterocycles. The number of esters is 1. The van der Waals surface area contributed by atoms with Crippen LogP contribution < -0.4 is 0 Å². The fraction of sp³-hybridized carbons (Fsp3) is 0.882. The Balaban J connectivity index is 5.65. The Hall–Kier alpha value is -1.06. The van der Waals surface area contributed by atoms with E-state index in [9.17, 15) is 14.7 Å². The lowest BCUT2D eigenvalue weighted by Gasteiger charge is -2.41. The smallest absolute Gasteiger partial charge is 0.324 e. The van der Waals surface area contributed by atoms with Gasteiger partial charge >= 0.3 is 11.9 Å². The number of ether oxygens (including phenoxy) is 1. The Morgan fingerprint density at radius 1 is 1.05 bits per heavy atom. The Kier molecular flexibility index (Phi) is 6.46. The summed E-state index contributed by atoms with van der Waals surface area (Å²) in [6.07, 6.45) is 1.28. The van der Waals surface area contributed by atoms with E-state index in [1.165, 1.54) is 0 Å². The molecule has 124 valence electrons. The van der Waals surface area contributed by atoms with Crippen molar-refractivity contribution in [2.75, 3.05) is 0 Å². The molecule has 0 radical (unpaired) electrons. The van der Waals surface area contributed by atoms with Gasteiger partial charge in [0.1, 0.15) is 6.10 Å². The van der Waals surface area contributed by atoms with Crippen LogP contribution in [0.25, 0.3) is 0 Å². The minimum Gasteiger partial charge on any atom is -0.480 e. The Morgan fingerprint density at radius 3 is 1.76 bits per heavy atom. The van der Waals surface area contributed by atoms with Gasteiger partial charge in [-0.2, -0.15) is 0 Å². The number of carbonyl (C=O) groups is 2. The first-order valence-electron chi connectivity index (χ1n) is 7.79. The minimum atomic E-state index is -1.50. The number of hydrogen-bond acceptors (Lipinski definition) is 3. The zero-order valence-corrected chi connectivity index (χ0v) is 14.9. The SMILES string of the molecule is CCCC(C(=O)O)(C(=O)OC(CC)C(C)(C)C)C(C)(C)C. The van der Waals surface area contributed by atoms with Gasteiger partial charge in [0.05, 0.1) is 0 Å². The van der Waals surface area contributed by atoms with E-state index in [1.807, 2.05) is 34.6 Å². The molecule has 2 atom stereocenters. The van der Waals surface area contributed by atoms with E-state index >= 15 is 0 Å². The van der Waals surface area contributed by atoms with Crippen LogP contribution in [-0.2, 0) is 14.3 Å². The van der Waals surface area contributed by atoms with Crippen molar-refractivity contribution in [3.63, 3.8) is 0 Å². The average molecular weight is 300 g/mol. The molecule has 1 N–H and O–H groups in total. The van der Waals surface area contributed by atoms with E-state index in [1.54, 1.807) is 20.8 Å². The zero-order chi connectivity index (χ0) is 17.1. The van der Waals surface area contributed by atoms with Gasteiger partial charge in [-0.05, 0) is 23.7 Å². The van der Waals surface area contributed by atoms with Crippen LogP contribution in [0.4, 0.5) is 0 Å². The molecule has 0 aliphatic carbocycles. The van der Waals surface area contributed by atoms with Gasteiger partial charge < -0.3 is 9.84 Å². The van der Waals surface area contributed by atoms with Gasteiger partial charge in [-0.15, -0.1) is 0 Å². The molecule has 4 nitrogen and oxygen atoms in total. The monoisotopic (exact) mass is 300 g/mol. The van der Waals surface area contributed by atoms with Crippen LogP contribution in [0.2, 0.25) is 0 Å². The molecule has 0 fully saturated rings. The van der Waals surface area contributed by atoms with Gasteiger partial charge in [0.2, 0.25) is 0 Å². The lowest BCUT2D eigenvalue weighted by atomic mass is 9.64. The van der Waals surface area contributed by atoms with Gasteiger partial charge in [-0.1, -0.05) is 61.8 Å². The maximum absolute atomic E-state index is 12.8. The summed E-state index contributed by atoms with van der Waals surface area (Å²) < 4.78 is 5.65. The van der Waals surface area contributed by atoms with Gasteiger partial charge in [-0.25, -0.2) is 0 Å². The van der Waals surface area contributed by atoms with Crippen molar-refractivity contribution in [2.24, 2.45) is 16.2 Å². The Bertz CT molecular complexity index is 373. The molecule has 0 bridgehead atoms. The first-order chi connectivity index (χ1) is 9.34. The topological polar surface area (TPSA) is 63.6 Å². The fourth-order valence-corrected chi connectivity index (χ4v) is 2.78. The molecule has 0 saturated carbocycles. The highest BCUT2D eigenvalue weighted by Gasteiger charge is 2.56. The highest BCUT2D eigenvalue weighted by molar-refractivity contribution is 6.00. The Morgan fingerprint density at radius 2 is 1.52 bits per heavy atom. The first-order valence-corrected chi connectivity index (χ1v) is 7.79. The predicted molar refractivity (Wildman–Crippen MR) is 84.1 cm³/mol. The molecule has 0 heterocycles. The van der Waals surface area contributed by atoms with Crippen LogP contribution >= 0.6 is 0 Å². The van der Waals surface area contributed by atoms with E-state index < -0.39 is 22.8 Å². The van der Waals surface area contributed by atoms with Gasteiger partial charge in [-0.3, -0.25) is 9.59 Å². The number of rotatable bonds is 6. The molecule has 2 unspecified atom stereocenters. The molecule has 0 aromatic carbocycles. The van der Waals surface area contributed by atoms with Gasteiger partial charge in [0.25, 0.3) is 0 Å². The average Bonchev–Trinajstić information content (AvgIpc) is 2.28. The number of aliphatic carboxylic acids is 1. The molecule has 0 aromatic heterocycles. The molecule has 0 aliphatic heterocycles. The zero-order valence-electron chi connectivity index (χ0n) is 14.9. The minimum absolute atomic E-state index is 0.210. The third-order valence-electron chi connectivity index (χ3n) is 4.20. The molecule has 0 amide bonds. The summed E-state index contributed by atoms with van der Waals surface area (Å²) in [5.41, 5.74) is -2.42. The molecular formula is C17H32O4. The van der Waals surface area contributed by atoms with Crippen molar-refractivity contribution in [1.82, 2.24) is 0 Å². The molecule has 0 aliphatic rings. The van der Waals surface area contributed by atoms with E-state index in [-0.39, 0.29) is 17.9 Å². The summed E-state index contributed by atoms with van der Waals surface area (Å²) in [6, 6.07) is 0. The second-order valence-electron chi connectivity index (χ2n) is 7.88. The highest BCUT2D eigenvalue weighted by atomic mass is 16.5. The van der Waals surface area contributed by atoms with Crippen LogP contribution in [0.3, 0.4) is 0 Å². The summed E-state index contributed by atoms with van der Waals surface area (Å²) >= 11 is 0. The van der Waals surface area contributed by atoms with Crippen LogP contribution in [-0.4, -0.2) is 23.1 Å². The standard InChI is InChI=1S/C17H32O4/c1-9-11-17(13(18)19,16(6,7)8)14(20)21-12(10-2)15(3,4)5/h12H,9-11H2,1-8H3,(H,18,19). The summed E-state index contributed by atoms with van der Waals surface area (Å²) in [4.78, 5) is 24.7. The van der Waals surface area contributed by atoms with Gasteiger partial charge in [0, 0.05) is 0 Å². The van der Waals surface area contributed by atoms with Crippen molar-refractivity contribution in [1.29, 1.82) is 0 Å². The Labute approximate surface area is 129 Å². The van der Waals surface area contributed by atoms with Gasteiger partial charge in [0.15, 0.2) is 5.41 Å². The molecule has 21 heavy (non-hydrogen) atoms. The lowest BCUT2D eigenvalue weighted by molar-refractivity contribution is -0.186. The van der Waals surface area contributed by atoms with E-state index in [4.69, 9.17) is 4.74 Å². The second kappa shape index (κ2) is 6.80. The summed E-state index contributed by atoms with van der Waals surface area (Å²) in [7, 11) is 0. The molecular weight excluding hydrogens is 268 g/mol. The largest absolute Gasteiger partial charge is 0.480 e. The van der Waals surface area contributed by atoms with E-state index in [0.29, 0.717) is 12.8 Å². The van der Waals surface area contributed by atoms with E-state index in [0.717, 1.165) is 0 Å². The first kappa shape index (κ1) is 19.9. The van der Waals surface area contributed by atoms with Crippen molar-refractivity contribution in [2.45, 2.75) is 80.8 Å². The van der Waals surface area contributed by atoms with Crippen LogP contribution in [0.15, 0.2) is 0 Å². The molecule has 0 rings (SSSR count). The van der Waals surface area contributed by atoms with Crippen molar-refractivity contribution >= 4 is 11.9 Å². The number of carbonyl (C=O) groups excluding carboxylic acids is 1. The molecule has 0 spiro atoms. The fourth-order valence-electron chi connectivity index (χ4n) is 2.78. The molecule has 4 heteroatoms. The summed E-state index contributed by atoms with van der Waals surface area (Å²) in [5, 5.41) is 9.75. The second-order valence-corrected chi connectivity index (χ2v) is 7.88. The van der Waals surface area contributed by atoms with Crippen molar-refractivity contribution < 1.29 is 19.4 Å². The van der Waals surface area contributed by atoms with E-state index in [2.05, 4.69) is 0 Å². The third kappa shape index (κ3) is 4.21. The predicted octanol–water partition coefficient (Wildman–Crippen LogP) is 4.27. The summed E-state index contributed by atoms with van der Waals surface area (Å²) in [6.45, 7) is 15.2. The number of carboxylic acid groups (broad SMARTS) is 1. The lowest BCUT2D eigenvalue weighted by Crippen LogP contribution is -2.52. The molecule has 0 aromatic rings. The quantitative estimate of drug-likeness (QED) is 0.587. The normalized spacial score (nSPS) is 17.0. The highest BCUT2D eigenvalue weighted by Crippen LogP contribution is 2.45. The maximum atomic E-state index is 12.8. The van der Waals surface area contributed by atoms with Crippen LogP contribution in [0.1, 0.15) is 74.7 Å². The van der Waals surface area contributed by atoms with Crippen molar-refractivity contribution in [3.8, 4) is 0 Å². The third-order valence-corrected chi connectivity index (χ3v) is 4.20. The summed E-state index contributed by atoms with van der Waals surface area (Å²) in [5.74, 6) is -1.70. The maximum Gasteiger partial charge on any atom is 0.324 e. The number of carboxylic acids is 1. The van der Waals surface area contributed by atoms with Crippen LogP contribution in [0, 0.1) is 16.2 Å². The van der Waals surface area contributed by atoms with Crippen molar-refractivity contribution in [3.05, 3.63) is 0 Å².